The maximum Gasteiger partial charge on any atom is 0.498 e. The maximum absolute atomic E-state index is 6.12. The van der Waals surface area contributed by atoms with Gasteiger partial charge in [0.15, 0.2) is 5.75 Å². The highest BCUT2D eigenvalue weighted by molar-refractivity contribution is 6.63. The molecule has 1 aromatic carbocycles. The predicted octanol–water partition coefficient (Wildman–Crippen LogP) is 2.37. The van der Waals surface area contributed by atoms with Crippen LogP contribution in [-0.2, 0) is 9.31 Å². The third-order valence-electron chi connectivity index (χ3n) is 4.39. The zero-order valence-corrected chi connectivity index (χ0v) is 16.5. The van der Waals surface area contributed by atoms with E-state index in [0.717, 1.165) is 5.46 Å². The van der Waals surface area contributed by atoms with Gasteiger partial charge in [0.2, 0.25) is 9.04 Å². The number of rotatable bonds is 5. The number of ether oxygens (including phenoxy) is 2. The second kappa shape index (κ2) is 6.38. The van der Waals surface area contributed by atoms with Gasteiger partial charge in [0.25, 0.3) is 0 Å². The van der Waals surface area contributed by atoms with E-state index in [0.29, 0.717) is 17.2 Å². The molecular weight excluding hydrogens is 311 g/mol. The van der Waals surface area contributed by atoms with E-state index in [9.17, 15) is 0 Å². The van der Waals surface area contributed by atoms with Crippen LogP contribution in [0.15, 0.2) is 12.1 Å². The van der Waals surface area contributed by atoms with Crippen LogP contribution < -0.4 is 19.4 Å². The number of hydrogen-bond acceptors (Lipinski definition) is 5. The van der Waals surface area contributed by atoms with Crippen LogP contribution in [-0.4, -0.2) is 41.6 Å². The molecule has 1 aliphatic heterocycles. The molecule has 1 aromatic rings. The van der Waals surface area contributed by atoms with Crippen molar-refractivity contribution in [1.82, 2.24) is 0 Å². The lowest BCUT2D eigenvalue weighted by molar-refractivity contribution is 0.00578. The van der Waals surface area contributed by atoms with Crippen molar-refractivity contribution in [3.05, 3.63) is 12.1 Å². The summed E-state index contributed by atoms with van der Waals surface area (Å²) in [5, 5.41) is 0. The second-order valence-electron chi connectivity index (χ2n) is 7.00. The maximum atomic E-state index is 6.12. The average molecular weight is 338 g/mol. The molecule has 0 N–H and O–H groups in total. The lowest BCUT2D eigenvalue weighted by Crippen LogP contribution is -2.41. The van der Waals surface area contributed by atoms with Crippen molar-refractivity contribution < 1.29 is 23.2 Å². The van der Waals surface area contributed by atoms with Crippen LogP contribution in [0, 0.1) is 0 Å². The topological polar surface area (TPSA) is 46.2 Å². The highest BCUT2D eigenvalue weighted by Gasteiger charge is 2.52. The third kappa shape index (κ3) is 3.51. The van der Waals surface area contributed by atoms with Gasteiger partial charge in [-0.25, -0.2) is 0 Å². The summed E-state index contributed by atoms with van der Waals surface area (Å²) in [5.74, 6) is 2.04. The Kier molecular flexibility index (Phi) is 5.04. The number of benzene rings is 1. The van der Waals surface area contributed by atoms with Gasteiger partial charge in [-0.05, 0) is 46.9 Å². The minimum atomic E-state index is -1.25. The fourth-order valence-electron chi connectivity index (χ4n) is 2.39. The summed E-state index contributed by atoms with van der Waals surface area (Å²) in [6.07, 6.45) is 0. The standard InChI is InChI=1S/C16H27BO5Si/c1-15(2)16(3,4)22-17(21-15)11-9-13(19-6)14(20-23(7)8)10-12(11)18-5/h9-10,23H,1-8H3. The van der Waals surface area contributed by atoms with Gasteiger partial charge in [-0.15, -0.1) is 0 Å². The van der Waals surface area contributed by atoms with Gasteiger partial charge in [-0.3, -0.25) is 0 Å². The number of hydrogen-bond donors (Lipinski definition) is 0. The van der Waals surface area contributed by atoms with E-state index >= 15 is 0 Å². The first-order chi connectivity index (χ1) is 10.6. The van der Waals surface area contributed by atoms with Crippen LogP contribution in [0.1, 0.15) is 27.7 Å². The van der Waals surface area contributed by atoms with Gasteiger partial charge < -0.3 is 23.2 Å². The normalized spacial score (nSPS) is 19.1. The summed E-state index contributed by atoms with van der Waals surface area (Å²) in [4.78, 5) is 0. The third-order valence-corrected chi connectivity index (χ3v) is 5.11. The van der Waals surface area contributed by atoms with Crippen molar-refractivity contribution in [1.29, 1.82) is 0 Å². The van der Waals surface area contributed by atoms with Crippen molar-refractivity contribution >= 4 is 21.6 Å². The lowest BCUT2D eigenvalue weighted by Gasteiger charge is -2.32. The predicted molar refractivity (Wildman–Crippen MR) is 94.8 cm³/mol. The summed E-state index contributed by atoms with van der Waals surface area (Å²) in [7, 11) is 1.50. The summed E-state index contributed by atoms with van der Waals surface area (Å²) < 4.78 is 29.2. The highest BCUT2D eigenvalue weighted by Crippen LogP contribution is 2.39. The number of methoxy groups -OCH3 is 2. The van der Waals surface area contributed by atoms with Gasteiger partial charge >= 0.3 is 7.12 Å². The molecule has 0 aromatic heterocycles. The molecule has 0 saturated carbocycles. The van der Waals surface area contributed by atoms with E-state index in [4.69, 9.17) is 23.2 Å². The van der Waals surface area contributed by atoms with E-state index in [1.54, 1.807) is 14.2 Å². The monoisotopic (exact) mass is 338 g/mol. The van der Waals surface area contributed by atoms with Crippen LogP contribution in [0.2, 0.25) is 13.1 Å². The van der Waals surface area contributed by atoms with Gasteiger partial charge in [0.05, 0.1) is 25.4 Å². The first kappa shape index (κ1) is 18.2. The Morgan fingerprint density at radius 2 is 1.39 bits per heavy atom. The smallest absolute Gasteiger partial charge is 0.498 e. The van der Waals surface area contributed by atoms with Gasteiger partial charge in [-0.1, -0.05) is 0 Å². The highest BCUT2D eigenvalue weighted by atomic mass is 28.3. The van der Waals surface area contributed by atoms with Crippen LogP contribution in [0.3, 0.4) is 0 Å². The van der Waals surface area contributed by atoms with Crippen molar-refractivity contribution in [2.24, 2.45) is 0 Å². The molecule has 0 atom stereocenters. The zero-order chi connectivity index (χ0) is 17.4. The average Bonchev–Trinajstić information content (AvgIpc) is 2.66. The summed E-state index contributed by atoms with van der Waals surface area (Å²) in [6, 6.07) is 3.74. The van der Waals surface area contributed by atoms with Crippen LogP contribution >= 0.6 is 0 Å². The Morgan fingerprint density at radius 1 is 0.870 bits per heavy atom. The van der Waals surface area contributed by atoms with Crippen LogP contribution in [0.5, 0.6) is 17.2 Å². The Morgan fingerprint density at radius 3 is 1.83 bits per heavy atom. The SMILES string of the molecule is COc1cc(B2OC(C)(C)C(C)(C)O2)c(OC)cc1O[SiH](C)C. The largest absolute Gasteiger partial charge is 0.544 e. The molecule has 1 fully saturated rings. The van der Waals surface area contributed by atoms with Crippen molar-refractivity contribution in [3.8, 4) is 17.2 Å². The molecule has 5 nitrogen and oxygen atoms in total. The summed E-state index contributed by atoms with van der Waals surface area (Å²) >= 11 is 0. The minimum absolute atomic E-state index is 0.407. The molecule has 128 valence electrons. The minimum Gasteiger partial charge on any atom is -0.544 e. The van der Waals surface area contributed by atoms with Crippen molar-refractivity contribution in [2.75, 3.05) is 14.2 Å². The van der Waals surface area contributed by atoms with Gasteiger partial charge in [0, 0.05) is 11.5 Å². The molecule has 0 unspecified atom stereocenters. The molecular formula is C16H27BO5Si. The second-order valence-corrected chi connectivity index (χ2v) is 9.33. The van der Waals surface area contributed by atoms with Crippen molar-refractivity contribution in [2.45, 2.75) is 52.0 Å². The van der Waals surface area contributed by atoms with E-state index < -0.39 is 27.4 Å². The Hall–Kier alpha value is -1.18. The Labute approximate surface area is 141 Å². The lowest BCUT2D eigenvalue weighted by atomic mass is 9.78. The molecule has 2 rings (SSSR count). The molecule has 1 saturated heterocycles. The zero-order valence-electron chi connectivity index (χ0n) is 15.4. The summed E-state index contributed by atoms with van der Waals surface area (Å²) in [5.41, 5.74) is -0.00736. The molecule has 0 spiro atoms. The molecule has 0 radical (unpaired) electrons. The molecule has 0 aliphatic carbocycles. The Bertz CT molecular complexity index is 558. The van der Waals surface area contributed by atoms with Gasteiger partial charge in [-0.2, -0.15) is 0 Å². The Balaban J connectivity index is 2.43. The first-order valence-corrected chi connectivity index (χ1v) is 10.7. The fourth-order valence-corrected chi connectivity index (χ4v) is 3.09. The van der Waals surface area contributed by atoms with E-state index in [2.05, 4.69) is 13.1 Å². The molecule has 0 amide bonds. The van der Waals surface area contributed by atoms with Gasteiger partial charge in [0.1, 0.15) is 11.5 Å². The molecule has 7 heteroatoms. The molecule has 23 heavy (non-hydrogen) atoms. The van der Waals surface area contributed by atoms with E-state index in [1.807, 2.05) is 39.8 Å². The fraction of sp³-hybridized carbons (Fsp3) is 0.625. The van der Waals surface area contributed by atoms with Crippen molar-refractivity contribution in [3.63, 3.8) is 0 Å². The molecule has 0 bridgehead atoms. The quantitative estimate of drug-likeness (QED) is 0.772. The summed E-state index contributed by atoms with van der Waals surface area (Å²) in [6.45, 7) is 12.3. The van der Waals surface area contributed by atoms with E-state index in [1.165, 1.54) is 0 Å². The molecule has 1 heterocycles. The van der Waals surface area contributed by atoms with Crippen LogP contribution in [0.25, 0.3) is 0 Å². The first-order valence-electron chi connectivity index (χ1n) is 7.89. The van der Waals surface area contributed by atoms with E-state index in [-0.39, 0.29) is 0 Å². The van der Waals surface area contributed by atoms with Crippen LogP contribution in [0.4, 0.5) is 0 Å². The molecule has 1 aliphatic rings.